The molecule has 14 rings (SSSR count). The van der Waals surface area contributed by atoms with E-state index in [0.717, 1.165) is 89.3 Å². The largest absolute Gasteiger partial charge is 0.205 e. The monoisotopic (exact) mass is 1440 g/mol. The molecule has 0 spiro atoms. The predicted octanol–water partition coefficient (Wildman–Crippen LogP) is 29.1. The van der Waals surface area contributed by atoms with Gasteiger partial charge in [-0.15, -0.1) is 113 Å². The summed E-state index contributed by atoms with van der Waals surface area (Å²) in [5.74, 6) is 1.38. The van der Waals surface area contributed by atoms with Gasteiger partial charge in [-0.1, -0.05) is 145 Å². The fourth-order valence-electron chi connectivity index (χ4n) is 13.3. The Labute approximate surface area is 587 Å². The third-order valence-electron chi connectivity index (χ3n) is 17.8. The lowest BCUT2D eigenvalue weighted by Crippen LogP contribution is -2.00. The average molecular weight is 1440 g/mol. The molecule has 12 aromatic heterocycles. The van der Waals surface area contributed by atoms with E-state index in [1.54, 1.807) is 34.8 Å². The maximum atomic E-state index is 17.0. The van der Waals surface area contributed by atoms with Gasteiger partial charge < -0.3 is 0 Å². The Morgan fingerprint density at radius 2 is 0.685 bits per heavy atom. The molecule has 2 aromatic carbocycles. The summed E-state index contributed by atoms with van der Waals surface area (Å²) in [7, 11) is 0. The van der Waals surface area contributed by atoms with Crippen LogP contribution in [0.5, 0.6) is 0 Å². The summed E-state index contributed by atoms with van der Waals surface area (Å²) >= 11 is 20.0. The number of aromatic nitrogens is 4. The maximum absolute atomic E-state index is 17.0. The first-order valence-corrected chi connectivity index (χ1v) is 42.7. The standard InChI is InChI=1S/C74H76F2N4S12/c1-9-11-13-15-17-19-21-41(7)25-44-28-54(82-38-44)58-32-48-64-65(79-92-78-64)49-33-59(87-71(49)70(48)86-58)55-29-45(24-40(5)6)67(83-55)61-35-51(75)73(89-61)74-52(76)36-62(90-74)68-46(26-42(8)22-20-18-16-14-12-10-2)30-56(84-68)60-34-50-66-63(77-91-80-66)47-31-57(85-69(47)72(50)88-60)53-27-43(37-81-53)23-39(3)4/h27-42H,9-26H2,1-8H3. The summed E-state index contributed by atoms with van der Waals surface area (Å²) in [5, 5.41) is 9.33. The van der Waals surface area contributed by atoms with Crippen molar-refractivity contribution < 1.29 is 8.78 Å². The van der Waals surface area contributed by atoms with Crippen molar-refractivity contribution in [1.82, 2.24) is 17.5 Å². The van der Waals surface area contributed by atoms with Crippen molar-refractivity contribution in [3.8, 4) is 68.3 Å². The molecule has 0 aliphatic carbocycles. The zero-order valence-corrected chi connectivity index (χ0v) is 63.2. The minimum absolute atomic E-state index is 0.366. The van der Waals surface area contributed by atoms with Crippen molar-refractivity contribution in [3.63, 3.8) is 0 Å². The second-order valence-corrected chi connectivity index (χ2v) is 37.7. The molecule has 0 aliphatic heterocycles. The molecule has 0 saturated carbocycles. The van der Waals surface area contributed by atoms with Gasteiger partial charge >= 0.3 is 0 Å². The molecule has 0 radical (unpaired) electrons. The Balaban J connectivity index is 0.771. The molecule has 0 N–H and O–H groups in total. The van der Waals surface area contributed by atoms with Crippen LogP contribution in [0.3, 0.4) is 0 Å². The first-order valence-electron chi connectivity index (χ1n) is 33.0. The van der Waals surface area contributed by atoms with E-state index in [9.17, 15) is 0 Å². The Bertz CT molecular complexity index is 4870. The van der Waals surface area contributed by atoms with Crippen molar-refractivity contribution >= 4 is 199 Å². The van der Waals surface area contributed by atoms with Crippen LogP contribution < -0.4 is 0 Å². The SMILES string of the molecule is CCCCCCCCC(C)Cc1csc(-c2cc3c4nsnc4c4cc(-c5cc(CC(C)C)c(-c6cc(F)c(-c7sc(-c8sc(-c9cc%10c%11nsnc%11c%11cc(-c%12cc(CC(C)C)cs%12)sc%11c%10s9)cc8CC(C)CCCCCCCC)cc7F)s6)s5)sc4c3s2)c1. The van der Waals surface area contributed by atoms with E-state index >= 15 is 8.78 Å². The van der Waals surface area contributed by atoms with Crippen molar-refractivity contribution in [3.05, 3.63) is 105 Å². The highest BCUT2D eigenvalue weighted by Gasteiger charge is 2.28. The fraction of sp³-hybridized carbons (Fsp3) is 0.405. The van der Waals surface area contributed by atoms with Crippen molar-refractivity contribution in [2.24, 2.45) is 23.7 Å². The summed E-state index contributed by atoms with van der Waals surface area (Å²) in [6.45, 7) is 18.4. The van der Waals surface area contributed by atoms with Crippen LogP contribution >= 0.6 is 137 Å². The fourth-order valence-corrected chi connectivity index (χ4v) is 26.4. The van der Waals surface area contributed by atoms with Gasteiger partial charge in [0.15, 0.2) is 0 Å². The average Bonchev–Trinajstić information content (AvgIpc) is 1.58. The van der Waals surface area contributed by atoms with Crippen LogP contribution in [0.1, 0.15) is 168 Å². The number of nitrogens with zero attached hydrogens (tertiary/aromatic N) is 4. The molecule has 478 valence electrons. The van der Waals surface area contributed by atoms with Crippen molar-refractivity contribution in [2.45, 2.75) is 171 Å². The molecule has 2 unspecified atom stereocenters. The summed E-state index contributed by atoms with van der Waals surface area (Å²) in [6, 6.07) is 22.2. The van der Waals surface area contributed by atoms with E-state index in [1.165, 1.54) is 216 Å². The lowest BCUT2D eigenvalue weighted by atomic mass is 9.95. The molecule has 12 heterocycles. The Morgan fingerprint density at radius 3 is 1.10 bits per heavy atom. The van der Waals surface area contributed by atoms with Gasteiger partial charge in [0.25, 0.3) is 0 Å². The van der Waals surface area contributed by atoms with E-state index in [1.807, 2.05) is 68.0 Å². The second-order valence-electron chi connectivity index (χ2n) is 26.4. The molecule has 0 bridgehead atoms. The first-order chi connectivity index (χ1) is 44.7. The molecule has 2 atom stereocenters. The van der Waals surface area contributed by atoms with Gasteiger partial charge in [0.2, 0.25) is 0 Å². The van der Waals surface area contributed by atoms with Gasteiger partial charge in [0, 0.05) is 80.1 Å². The van der Waals surface area contributed by atoms with Crippen LogP contribution in [-0.4, -0.2) is 17.5 Å². The van der Waals surface area contributed by atoms with E-state index in [0.29, 0.717) is 33.4 Å². The van der Waals surface area contributed by atoms with Gasteiger partial charge in [-0.2, -0.15) is 17.5 Å². The van der Waals surface area contributed by atoms with E-state index < -0.39 is 0 Å². The van der Waals surface area contributed by atoms with Crippen LogP contribution in [0.2, 0.25) is 0 Å². The predicted molar refractivity (Wildman–Crippen MR) is 414 cm³/mol. The summed E-state index contributed by atoms with van der Waals surface area (Å²) in [4.78, 5) is 14.5. The van der Waals surface area contributed by atoms with Crippen LogP contribution in [0.15, 0.2) is 71.4 Å². The third kappa shape index (κ3) is 13.6. The zero-order valence-electron chi connectivity index (χ0n) is 53.4. The minimum Gasteiger partial charge on any atom is -0.205 e. The topological polar surface area (TPSA) is 51.6 Å². The lowest BCUT2D eigenvalue weighted by molar-refractivity contribution is 0.481. The smallest absolute Gasteiger partial charge is 0.143 e. The van der Waals surface area contributed by atoms with E-state index in [-0.39, 0.29) is 11.6 Å². The van der Waals surface area contributed by atoms with E-state index in [2.05, 4.69) is 115 Å². The van der Waals surface area contributed by atoms with Crippen molar-refractivity contribution in [1.29, 1.82) is 0 Å². The Kier molecular flexibility index (Phi) is 20.3. The van der Waals surface area contributed by atoms with E-state index in [4.69, 9.17) is 17.5 Å². The van der Waals surface area contributed by atoms with Crippen molar-refractivity contribution in [2.75, 3.05) is 0 Å². The molecular formula is C74H76F2N4S12. The first kappa shape index (κ1) is 65.3. The molecule has 18 heteroatoms. The Hall–Kier alpha value is -4.02. The molecule has 92 heavy (non-hydrogen) atoms. The highest BCUT2D eigenvalue weighted by molar-refractivity contribution is 7.35. The summed E-state index contributed by atoms with van der Waals surface area (Å²) < 4.78 is 58.6. The molecule has 0 amide bonds. The number of halogens is 2. The maximum Gasteiger partial charge on any atom is 0.143 e. The highest BCUT2D eigenvalue weighted by atomic mass is 32.2. The number of hydrogen-bond donors (Lipinski definition) is 0. The lowest BCUT2D eigenvalue weighted by Gasteiger charge is -2.11. The van der Waals surface area contributed by atoms with Gasteiger partial charge in [0.05, 0.1) is 52.0 Å². The molecule has 0 aliphatic rings. The number of rotatable bonds is 29. The number of thiophene rings is 10. The number of hydrogen-bond acceptors (Lipinski definition) is 16. The van der Waals surface area contributed by atoms with Crippen LogP contribution in [0.4, 0.5) is 8.78 Å². The van der Waals surface area contributed by atoms with Gasteiger partial charge in [-0.3, -0.25) is 0 Å². The highest BCUT2D eigenvalue weighted by Crippen LogP contribution is 2.55. The van der Waals surface area contributed by atoms with Crippen LogP contribution in [0.25, 0.3) is 131 Å². The number of benzene rings is 2. The Morgan fingerprint density at radius 1 is 0.337 bits per heavy atom. The second kappa shape index (κ2) is 28.6. The summed E-state index contributed by atoms with van der Waals surface area (Å²) in [5.41, 5.74) is 9.16. The van der Waals surface area contributed by atoms with Crippen LogP contribution in [-0.2, 0) is 25.7 Å². The number of unbranched alkanes of at least 4 members (excludes halogenated alkanes) is 10. The van der Waals surface area contributed by atoms with Gasteiger partial charge in [0.1, 0.15) is 33.7 Å². The molecule has 0 saturated heterocycles. The third-order valence-corrected chi connectivity index (χ3v) is 31.6. The normalized spacial score (nSPS) is 13.1. The minimum atomic E-state index is -0.370. The van der Waals surface area contributed by atoms with Gasteiger partial charge in [-0.05, 0) is 143 Å². The zero-order chi connectivity index (χ0) is 63.3. The quantitative estimate of drug-likeness (QED) is 0.0439. The molecule has 4 nitrogen and oxygen atoms in total. The van der Waals surface area contributed by atoms with Gasteiger partial charge in [-0.25, -0.2) is 8.78 Å². The summed E-state index contributed by atoms with van der Waals surface area (Å²) in [6.07, 6.45) is 22.1. The molecule has 0 fully saturated rings. The molecular weight excluding hydrogens is 1370 g/mol. The molecule has 14 aromatic rings. The van der Waals surface area contributed by atoms with Crippen LogP contribution in [0, 0.1) is 35.3 Å². The number of fused-ring (bicyclic) bond motifs is 12.